The molecule has 1 heterocycles. The molecule has 3 rings (SSSR count). The van der Waals surface area contributed by atoms with Crippen LogP contribution in [-0.4, -0.2) is 49.8 Å². The highest BCUT2D eigenvalue weighted by Gasteiger charge is 2.19. The minimum Gasteiger partial charge on any atom is -0.497 e. The number of benzene rings is 2. The number of hydrogen-bond donors (Lipinski definition) is 2. The summed E-state index contributed by atoms with van der Waals surface area (Å²) >= 11 is 1.12. The average molecular weight is 475 g/mol. The Balaban J connectivity index is 1.46. The molecule has 0 aliphatic rings. The van der Waals surface area contributed by atoms with Crippen LogP contribution >= 0.6 is 11.3 Å². The summed E-state index contributed by atoms with van der Waals surface area (Å²) in [6.07, 6.45) is 0.412. The summed E-state index contributed by atoms with van der Waals surface area (Å²) in [6, 6.07) is 15.5. The predicted molar refractivity (Wildman–Crippen MR) is 122 cm³/mol. The van der Waals surface area contributed by atoms with E-state index in [-0.39, 0.29) is 16.8 Å². The Morgan fingerprint density at radius 1 is 1.06 bits per heavy atom. The molecule has 9 nitrogen and oxygen atoms in total. The number of nitrogens with zero attached hydrogens (tertiary/aromatic N) is 2. The molecule has 1 aromatic heterocycles. The zero-order valence-electron chi connectivity index (χ0n) is 17.3. The Hall–Kier alpha value is -3.31. The lowest BCUT2D eigenvalue weighted by Crippen LogP contribution is -2.25. The first-order chi connectivity index (χ1) is 15.3. The van der Waals surface area contributed by atoms with E-state index in [4.69, 9.17) is 4.74 Å². The van der Waals surface area contributed by atoms with Crippen LogP contribution in [-0.2, 0) is 26.8 Å². The Bertz CT molecular complexity index is 1180. The van der Waals surface area contributed by atoms with E-state index >= 15 is 0 Å². The van der Waals surface area contributed by atoms with Crippen molar-refractivity contribution in [2.24, 2.45) is 0 Å². The van der Waals surface area contributed by atoms with Gasteiger partial charge in [-0.3, -0.25) is 14.9 Å². The molecule has 32 heavy (non-hydrogen) atoms. The van der Waals surface area contributed by atoms with Gasteiger partial charge in [0.2, 0.25) is 11.0 Å². The van der Waals surface area contributed by atoms with Gasteiger partial charge in [-0.05, 0) is 23.8 Å². The second kappa shape index (κ2) is 10.8. The van der Waals surface area contributed by atoms with Gasteiger partial charge in [-0.25, -0.2) is 8.42 Å². The lowest BCUT2D eigenvalue weighted by atomic mass is 10.2. The van der Waals surface area contributed by atoms with Crippen molar-refractivity contribution in [2.45, 2.75) is 12.2 Å². The number of aromatic nitrogens is 2. The van der Waals surface area contributed by atoms with Gasteiger partial charge in [-0.2, -0.15) is 0 Å². The van der Waals surface area contributed by atoms with Gasteiger partial charge in [0, 0.05) is 18.5 Å². The Morgan fingerprint density at radius 2 is 1.84 bits per heavy atom. The number of sulfone groups is 1. The number of ether oxygens (including phenoxy) is 1. The summed E-state index contributed by atoms with van der Waals surface area (Å²) in [7, 11) is -2.09. The van der Waals surface area contributed by atoms with Crippen LogP contribution in [0.25, 0.3) is 0 Å². The number of carbonyl (C=O) groups is 2. The first-order valence-electron chi connectivity index (χ1n) is 9.63. The van der Waals surface area contributed by atoms with E-state index in [9.17, 15) is 18.0 Å². The van der Waals surface area contributed by atoms with E-state index in [1.54, 1.807) is 54.6 Å². The first-order valence-corrected chi connectivity index (χ1v) is 12.3. The zero-order chi connectivity index (χ0) is 23.0. The highest BCUT2D eigenvalue weighted by atomic mass is 32.2. The molecular weight excluding hydrogens is 452 g/mol. The van der Waals surface area contributed by atoms with Crippen LogP contribution in [0.1, 0.15) is 20.9 Å². The molecule has 0 aliphatic carbocycles. The molecule has 0 aliphatic heterocycles. The lowest BCUT2D eigenvalue weighted by Gasteiger charge is -2.05. The normalized spacial score (nSPS) is 11.0. The van der Waals surface area contributed by atoms with Gasteiger partial charge in [0.25, 0.3) is 5.91 Å². The predicted octanol–water partition coefficient (Wildman–Crippen LogP) is 2.07. The third-order valence-electron chi connectivity index (χ3n) is 4.25. The standard InChI is InChI=1S/C21H22N4O5S2/c1-30-17-9-5-8-16(12-17)20(27)22-11-10-19-24-25-21(31-19)23-18(26)14-32(28,29)13-15-6-3-2-4-7-15/h2-9,12H,10-11,13-14H2,1H3,(H,22,27)(H,23,25,26). The molecule has 0 saturated heterocycles. The van der Waals surface area contributed by atoms with Crippen molar-refractivity contribution in [3.05, 3.63) is 70.7 Å². The van der Waals surface area contributed by atoms with Gasteiger partial charge < -0.3 is 10.1 Å². The first kappa shape index (κ1) is 23.4. The van der Waals surface area contributed by atoms with Crippen molar-refractivity contribution >= 4 is 38.1 Å². The topological polar surface area (TPSA) is 127 Å². The second-order valence-corrected chi connectivity index (χ2v) is 9.93. The van der Waals surface area contributed by atoms with E-state index in [1.807, 2.05) is 0 Å². The Kier molecular flexibility index (Phi) is 7.90. The van der Waals surface area contributed by atoms with Gasteiger partial charge in [0.15, 0.2) is 9.84 Å². The number of nitrogens with one attached hydrogen (secondary N) is 2. The molecule has 0 unspecified atom stereocenters. The number of anilines is 1. The van der Waals surface area contributed by atoms with Crippen LogP contribution in [0, 0.1) is 0 Å². The van der Waals surface area contributed by atoms with E-state index in [2.05, 4.69) is 20.8 Å². The summed E-state index contributed by atoms with van der Waals surface area (Å²) in [5, 5.41) is 13.9. The van der Waals surface area contributed by atoms with E-state index in [0.29, 0.717) is 34.8 Å². The third-order valence-corrected chi connectivity index (χ3v) is 6.62. The highest BCUT2D eigenvalue weighted by Crippen LogP contribution is 2.16. The van der Waals surface area contributed by atoms with Crippen LogP contribution in [0.3, 0.4) is 0 Å². The van der Waals surface area contributed by atoms with E-state index in [0.717, 1.165) is 11.3 Å². The summed E-state index contributed by atoms with van der Waals surface area (Å²) in [6.45, 7) is 0.323. The quantitative estimate of drug-likeness (QED) is 0.460. The lowest BCUT2D eigenvalue weighted by molar-refractivity contribution is -0.113. The summed E-state index contributed by atoms with van der Waals surface area (Å²) < 4.78 is 29.6. The van der Waals surface area contributed by atoms with Gasteiger partial charge in [-0.15, -0.1) is 10.2 Å². The molecule has 0 spiro atoms. The van der Waals surface area contributed by atoms with Crippen LogP contribution in [0.2, 0.25) is 0 Å². The van der Waals surface area contributed by atoms with E-state index in [1.165, 1.54) is 7.11 Å². The van der Waals surface area contributed by atoms with Gasteiger partial charge in [0.05, 0.1) is 12.9 Å². The molecule has 0 bridgehead atoms. The summed E-state index contributed by atoms with van der Waals surface area (Å²) in [4.78, 5) is 24.3. The fourth-order valence-corrected chi connectivity index (χ4v) is 4.82. The van der Waals surface area contributed by atoms with Crippen LogP contribution in [0.5, 0.6) is 5.75 Å². The molecule has 2 amide bonds. The molecule has 0 saturated carbocycles. The molecule has 2 aromatic carbocycles. The SMILES string of the molecule is COc1cccc(C(=O)NCCc2nnc(NC(=O)CS(=O)(=O)Cc3ccccc3)s2)c1. The van der Waals surface area contributed by atoms with Crippen molar-refractivity contribution in [3.63, 3.8) is 0 Å². The minimum absolute atomic E-state index is 0.207. The van der Waals surface area contributed by atoms with Crippen molar-refractivity contribution in [1.82, 2.24) is 15.5 Å². The van der Waals surface area contributed by atoms with Crippen molar-refractivity contribution in [1.29, 1.82) is 0 Å². The molecule has 0 atom stereocenters. The van der Waals surface area contributed by atoms with E-state index < -0.39 is 21.5 Å². The highest BCUT2D eigenvalue weighted by molar-refractivity contribution is 7.91. The van der Waals surface area contributed by atoms with Gasteiger partial charge in [0.1, 0.15) is 16.5 Å². The monoisotopic (exact) mass is 474 g/mol. The molecule has 11 heteroatoms. The van der Waals surface area contributed by atoms with Gasteiger partial charge in [-0.1, -0.05) is 47.7 Å². The number of hydrogen-bond acceptors (Lipinski definition) is 8. The number of rotatable bonds is 10. The van der Waals surface area contributed by atoms with Crippen LogP contribution in [0.15, 0.2) is 54.6 Å². The number of methoxy groups -OCH3 is 1. The fourth-order valence-electron chi connectivity index (χ4n) is 2.79. The summed E-state index contributed by atoms with van der Waals surface area (Å²) in [5.74, 6) is -1.18. The largest absolute Gasteiger partial charge is 0.497 e. The molecular formula is C21H22N4O5S2. The minimum atomic E-state index is -3.61. The van der Waals surface area contributed by atoms with Crippen LogP contribution in [0.4, 0.5) is 5.13 Å². The maximum Gasteiger partial charge on any atom is 0.251 e. The maximum absolute atomic E-state index is 12.2. The fraction of sp³-hybridized carbons (Fsp3) is 0.238. The molecule has 168 valence electrons. The molecule has 0 radical (unpaired) electrons. The Morgan fingerprint density at radius 3 is 2.59 bits per heavy atom. The summed E-state index contributed by atoms with van der Waals surface area (Å²) in [5.41, 5.74) is 1.10. The van der Waals surface area contributed by atoms with Crippen LogP contribution < -0.4 is 15.4 Å². The Labute approximate surface area is 189 Å². The average Bonchev–Trinajstić information content (AvgIpc) is 3.20. The molecule has 2 N–H and O–H groups in total. The second-order valence-electron chi connectivity index (χ2n) is 6.80. The van der Waals surface area contributed by atoms with Crippen molar-refractivity contribution in [3.8, 4) is 5.75 Å². The maximum atomic E-state index is 12.2. The number of carbonyl (C=O) groups excluding carboxylic acids is 2. The molecule has 0 fully saturated rings. The smallest absolute Gasteiger partial charge is 0.251 e. The van der Waals surface area contributed by atoms with Gasteiger partial charge >= 0.3 is 0 Å². The van der Waals surface area contributed by atoms with Crippen molar-refractivity contribution in [2.75, 3.05) is 24.7 Å². The molecule has 3 aromatic rings. The number of amides is 2. The zero-order valence-corrected chi connectivity index (χ0v) is 18.9. The van der Waals surface area contributed by atoms with Crippen molar-refractivity contribution < 1.29 is 22.7 Å². The third kappa shape index (κ3) is 7.13.